The quantitative estimate of drug-likeness (QED) is 0.813. The summed E-state index contributed by atoms with van der Waals surface area (Å²) in [7, 11) is 4.02. The molecule has 0 aromatic heterocycles. The van der Waals surface area contributed by atoms with E-state index in [0.717, 1.165) is 29.8 Å². The van der Waals surface area contributed by atoms with Crippen molar-refractivity contribution in [3.63, 3.8) is 0 Å². The number of aliphatic hydroxyl groups excluding tert-OH is 1. The van der Waals surface area contributed by atoms with Crippen LogP contribution in [-0.2, 0) is 5.41 Å². The summed E-state index contributed by atoms with van der Waals surface area (Å²) < 4.78 is 5.72. The summed E-state index contributed by atoms with van der Waals surface area (Å²) in [6, 6.07) is 5.63. The average Bonchev–Trinajstić information content (AvgIpc) is 2.43. The molecule has 0 radical (unpaired) electrons. The number of ether oxygens (including phenoxy) is 1. The molecule has 0 saturated heterocycles. The second-order valence-electron chi connectivity index (χ2n) is 7.14. The summed E-state index contributed by atoms with van der Waals surface area (Å²) in [5, 5.41) is 10.5. The normalized spacial score (nSPS) is 15.0. The van der Waals surface area contributed by atoms with Crippen LogP contribution in [0.2, 0.25) is 0 Å². The first kappa shape index (κ1) is 18.9. The number of nitrogens with two attached hydrogens (primary N) is 1. The Labute approximate surface area is 135 Å². The molecule has 1 aromatic rings. The standard InChI is InChI=1S/C18H32N2O2/c1-7-22-16-9-8-13(12-14(16)18(2,3)4)17(21)15(19)10-11-20(5)6/h8-9,12,15,17,21H,7,10-11,19H2,1-6H3. The van der Waals surface area contributed by atoms with Crippen LogP contribution in [-0.4, -0.2) is 43.3 Å². The summed E-state index contributed by atoms with van der Waals surface area (Å²) in [6.07, 6.45) is 0.100. The predicted molar refractivity (Wildman–Crippen MR) is 92.4 cm³/mol. The summed E-state index contributed by atoms with van der Waals surface area (Å²) in [5.41, 5.74) is 8.06. The van der Waals surface area contributed by atoms with Crippen LogP contribution in [0.3, 0.4) is 0 Å². The summed E-state index contributed by atoms with van der Waals surface area (Å²) >= 11 is 0. The van der Waals surface area contributed by atoms with Gasteiger partial charge in [-0.05, 0) is 62.7 Å². The molecule has 1 aromatic carbocycles. The van der Waals surface area contributed by atoms with Gasteiger partial charge in [0.2, 0.25) is 0 Å². The second kappa shape index (κ2) is 7.95. The van der Waals surface area contributed by atoms with Gasteiger partial charge in [-0.2, -0.15) is 0 Å². The van der Waals surface area contributed by atoms with E-state index in [4.69, 9.17) is 10.5 Å². The molecule has 0 amide bonds. The minimum atomic E-state index is -0.656. The van der Waals surface area contributed by atoms with Crippen molar-refractivity contribution in [3.8, 4) is 5.75 Å². The molecule has 0 fully saturated rings. The molecule has 22 heavy (non-hydrogen) atoms. The maximum absolute atomic E-state index is 10.5. The first-order valence-electron chi connectivity index (χ1n) is 8.02. The molecule has 0 bridgehead atoms. The molecule has 0 spiro atoms. The molecule has 4 nitrogen and oxygen atoms in total. The Hall–Kier alpha value is -1.10. The van der Waals surface area contributed by atoms with Crippen molar-refractivity contribution in [3.05, 3.63) is 29.3 Å². The van der Waals surface area contributed by atoms with Crippen LogP contribution < -0.4 is 10.5 Å². The summed E-state index contributed by atoms with van der Waals surface area (Å²) in [6.45, 7) is 9.91. The van der Waals surface area contributed by atoms with E-state index in [-0.39, 0.29) is 11.5 Å². The zero-order chi connectivity index (χ0) is 16.9. The van der Waals surface area contributed by atoms with Crippen LogP contribution in [0.5, 0.6) is 5.75 Å². The maximum atomic E-state index is 10.5. The van der Waals surface area contributed by atoms with Gasteiger partial charge in [0.15, 0.2) is 0 Å². The van der Waals surface area contributed by atoms with Gasteiger partial charge in [0.1, 0.15) is 5.75 Å². The van der Waals surface area contributed by atoms with Crippen LogP contribution in [0.4, 0.5) is 0 Å². The van der Waals surface area contributed by atoms with Crippen LogP contribution in [0.15, 0.2) is 18.2 Å². The van der Waals surface area contributed by atoms with E-state index in [1.165, 1.54) is 0 Å². The molecule has 3 N–H and O–H groups in total. The maximum Gasteiger partial charge on any atom is 0.123 e. The fourth-order valence-electron chi connectivity index (χ4n) is 2.41. The molecule has 2 unspecified atom stereocenters. The van der Waals surface area contributed by atoms with Crippen LogP contribution >= 0.6 is 0 Å². The zero-order valence-corrected chi connectivity index (χ0v) is 14.9. The molecule has 2 atom stereocenters. The summed E-state index contributed by atoms with van der Waals surface area (Å²) in [5.74, 6) is 0.882. The Morgan fingerprint density at radius 1 is 1.27 bits per heavy atom. The lowest BCUT2D eigenvalue weighted by Gasteiger charge is -2.26. The second-order valence-corrected chi connectivity index (χ2v) is 7.14. The number of aliphatic hydroxyl groups is 1. The monoisotopic (exact) mass is 308 g/mol. The third-order valence-corrected chi connectivity index (χ3v) is 3.77. The van der Waals surface area contributed by atoms with Crippen molar-refractivity contribution < 1.29 is 9.84 Å². The van der Waals surface area contributed by atoms with Gasteiger partial charge in [-0.3, -0.25) is 0 Å². The van der Waals surface area contributed by atoms with Gasteiger partial charge < -0.3 is 20.5 Å². The Morgan fingerprint density at radius 3 is 2.41 bits per heavy atom. The molecular formula is C18H32N2O2. The van der Waals surface area contributed by atoms with E-state index < -0.39 is 6.10 Å². The highest BCUT2D eigenvalue weighted by Crippen LogP contribution is 2.34. The molecule has 0 aliphatic rings. The molecule has 126 valence electrons. The third kappa shape index (κ3) is 5.27. The van der Waals surface area contributed by atoms with E-state index in [9.17, 15) is 5.11 Å². The fraction of sp³-hybridized carbons (Fsp3) is 0.667. The van der Waals surface area contributed by atoms with Gasteiger partial charge in [-0.1, -0.05) is 26.8 Å². The lowest BCUT2D eigenvalue weighted by molar-refractivity contribution is 0.137. The minimum absolute atomic E-state index is 0.0477. The van der Waals surface area contributed by atoms with Crippen molar-refractivity contribution in [1.29, 1.82) is 0 Å². The molecule has 0 aliphatic heterocycles. The van der Waals surface area contributed by atoms with Crippen molar-refractivity contribution in [2.75, 3.05) is 27.2 Å². The van der Waals surface area contributed by atoms with Gasteiger partial charge in [0, 0.05) is 6.04 Å². The third-order valence-electron chi connectivity index (χ3n) is 3.77. The molecule has 0 saturated carbocycles. The Bertz CT molecular complexity index is 467. The minimum Gasteiger partial charge on any atom is -0.494 e. The average molecular weight is 308 g/mol. The van der Waals surface area contributed by atoms with Crippen molar-refractivity contribution >= 4 is 0 Å². The van der Waals surface area contributed by atoms with Crippen molar-refractivity contribution in [2.24, 2.45) is 5.73 Å². The lowest BCUT2D eigenvalue weighted by Crippen LogP contribution is -2.32. The number of rotatable bonds is 7. The number of hydrogen-bond donors (Lipinski definition) is 2. The molecular weight excluding hydrogens is 276 g/mol. The number of nitrogens with zero attached hydrogens (tertiary/aromatic N) is 1. The molecule has 4 heteroatoms. The Kier molecular flexibility index (Phi) is 6.85. The smallest absolute Gasteiger partial charge is 0.123 e. The molecule has 1 rings (SSSR count). The zero-order valence-electron chi connectivity index (χ0n) is 14.9. The topological polar surface area (TPSA) is 58.7 Å². The van der Waals surface area contributed by atoms with Crippen LogP contribution in [0, 0.1) is 0 Å². The number of benzene rings is 1. The van der Waals surface area contributed by atoms with E-state index in [1.54, 1.807) is 0 Å². The van der Waals surface area contributed by atoms with Gasteiger partial charge in [0.25, 0.3) is 0 Å². The highest BCUT2D eigenvalue weighted by molar-refractivity contribution is 5.42. The van der Waals surface area contributed by atoms with Crippen LogP contribution in [0.1, 0.15) is 51.3 Å². The molecule has 0 aliphatic carbocycles. The largest absolute Gasteiger partial charge is 0.494 e. The van der Waals surface area contributed by atoms with E-state index >= 15 is 0 Å². The first-order valence-corrected chi connectivity index (χ1v) is 8.02. The van der Waals surface area contributed by atoms with Crippen molar-refractivity contribution in [1.82, 2.24) is 4.90 Å². The van der Waals surface area contributed by atoms with Gasteiger partial charge in [0.05, 0.1) is 12.7 Å². The van der Waals surface area contributed by atoms with E-state index in [0.29, 0.717) is 6.61 Å². The van der Waals surface area contributed by atoms with Gasteiger partial charge >= 0.3 is 0 Å². The van der Waals surface area contributed by atoms with E-state index in [1.807, 2.05) is 39.2 Å². The highest BCUT2D eigenvalue weighted by atomic mass is 16.5. The number of hydrogen-bond acceptors (Lipinski definition) is 4. The predicted octanol–water partition coefficient (Wildman–Crippen LogP) is 2.70. The summed E-state index contributed by atoms with van der Waals surface area (Å²) in [4.78, 5) is 2.07. The van der Waals surface area contributed by atoms with Gasteiger partial charge in [-0.25, -0.2) is 0 Å². The lowest BCUT2D eigenvalue weighted by atomic mass is 9.84. The Morgan fingerprint density at radius 2 is 1.91 bits per heavy atom. The SMILES string of the molecule is CCOc1ccc(C(O)C(N)CCN(C)C)cc1C(C)(C)C. The fourth-order valence-corrected chi connectivity index (χ4v) is 2.41. The molecule has 0 heterocycles. The highest BCUT2D eigenvalue weighted by Gasteiger charge is 2.23. The first-order chi connectivity index (χ1) is 10.2. The van der Waals surface area contributed by atoms with Crippen molar-refractivity contribution in [2.45, 2.75) is 51.7 Å². The van der Waals surface area contributed by atoms with Crippen LogP contribution in [0.25, 0.3) is 0 Å². The Balaban J connectivity index is 3.00. The van der Waals surface area contributed by atoms with Gasteiger partial charge in [-0.15, -0.1) is 0 Å². The van der Waals surface area contributed by atoms with E-state index in [2.05, 4.69) is 25.7 Å².